The molecule has 1 rings (SSSR count). The van der Waals surface area contributed by atoms with E-state index in [-0.39, 0.29) is 0 Å². The summed E-state index contributed by atoms with van der Waals surface area (Å²) in [6.45, 7) is 3.13. The minimum absolute atomic E-state index is 0.683. The van der Waals surface area contributed by atoms with E-state index in [1.165, 1.54) is 19.4 Å². The van der Waals surface area contributed by atoms with Crippen LogP contribution in [0.4, 0.5) is 0 Å². The molecular formula is C7H10O4. The second-order valence-electron chi connectivity index (χ2n) is 2.58. The Balaban J connectivity index is 2.65. The highest BCUT2D eigenvalue weighted by Crippen LogP contribution is 2.28. The van der Waals surface area contributed by atoms with Crippen molar-refractivity contribution in [1.82, 2.24) is 0 Å². The SMILES string of the molecule is CC(C(=O)O)C1(C)OC=CO1. The van der Waals surface area contributed by atoms with Crippen LogP contribution in [0.25, 0.3) is 0 Å². The quantitative estimate of drug-likeness (QED) is 0.649. The van der Waals surface area contributed by atoms with Gasteiger partial charge in [0.1, 0.15) is 18.4 Å². The van der Waals surface area contributed by atoms with Crippen molar-refractivity contribution in [2.75, 3.05) is 0 Å². The van der Waals surface area contributed by atoms with E-state index in [4.69, 9.17) is 14.6 Å². The Morgan fingerprint density at radius 1 is 1.55 bits per heavy atom. The summed E-state index contributed by atoms with van der Waals surface area (Å²) in [5.41, 5.74) is 0. The second-order valence-corrected chi connectivity index (χ2v) is 2.58. The maximum absolute atomic E-state index is 10.5. The fraction of sp³-hybridized carbons (Fsp3) is 0.571. The van der Waals surface area contributed by atoms with E-state index < -0.39 is 17.7 Å². The van der Waals surface area contributed by atoms with Crippen molar-refractivity contribution in [2.24, 2.45) is 5.92 Å². The monoisotopic (exact) mass is 158 g/mol. The van der Waals surface area contributed by atoms with Gasteiger partial charge in [-0.1, -0.05) is 0 Å². The van der Waals surface area contributed by atoms with Crippen LogP contribution in [0.15, 0.2) is 12.5 Å². The minimum Gasteiger partial charge on any atom is -0.481 e. The molecule has 0 spiro atoms. The van der Waals surface area contributed by atoms with Crippen molar-refractivity contribution in [2.45, 2.75) is 19.6 Å². The molecule has 1 heterocycles. The number of carbonyl (C=O) groups is 1. The lowest BCUT2D eigenvalue weighted by atomic mass is 10.0. The minimum atomic E-state index is -1.04. The Labute approximate surface area is 64.4 Å². The second kappa shape index (κ2) is 2.45. The zero-order valence-electron chi connectivity index (χ0n) is 6.40. The molecule has 4 nitrogen and oxygen atoms in total. The third kappa shape index (κ3) is 1.29. The third-order valence-electron chi connectivity index (χ3n) is 1.82. The van der Waals surface area contributed by atoms with E-state index in [1.54, 1.807) is 6.92 Å². The summed E-state index contributed by atoms with van der Waals surface area (Å²) in [4.78, 5) is 10.5. The molecule has 1 unspecified atom stereocenters. The summed E-state index contributed by atoms with van der Waals surface area (Å²) in [5.74, 6) is -2.65. The van der Waals surface area contributed by atoms with E-state index in [0.29, 0.717) is 0 Å². The van der Waals surface area contributed by atoms with Gasteiger partial charge in [0.15, 0.2) is 0 Å². The van der Waals surface area contributed by atoms with Gasteiger partial charge in [-0.05, 0) is 6.92 Å². The first kappa shape index (κ1) is 7.91. The van der Waals surface area contributed by atoms with Crippen molar-refractivity contribution in [3.63, 3.8) is 0 Å². The van der Waals surface area contributed by atoms with Gasteiger partial charge < -0.3 is 14.6 Å². The summed E-state index contributed by atoms with van der Waals surface area (Å²) < 4.78 is 9.96. The molecule has 1 N–H and O–H groups in total. The van der Waals surface area contributed by atoms with Gasteiger partial charge in [-0.2, -0.15) is 0 Å². The predicted octanol–water partition coefficient (Wildman–Crippen LogP) is 0.941. The summed E-state index contributed by atoms with van der Waals surface area (Å²) in [6, 6.07) is 0. The molecule has 0 aromatic carbocycles. The standard InChI is InChI=1S/C7H10O4/c1-5(6(8)9)7(2)10-3-4-11-7/h3-5H,1-2H3,(H,8,9). The normalized spacial score (nSPS) is 22.0. The first-order valence-electron chi connectivity index (χ1n) is 3.30. The van der Waals surface area contributed by atoms with E-state index in [2.05, 4.69) is 0 Å². The molecule has 0 saturated heterocycles. The Kier molecular flexibility index (Phi) is 1.76. The largest absolute Gasteiger partial charge is 0.481 e. The number of hydrogen-bond acceptors (Lipinski definition) is 3. The highest BCUT2D eigenvalue weighted by molar-refractivity contribution is 5.70. The Hall–Kier alpha value is -1.19. The lowest BCUT2D eigenvalue weighted by Gasteiger charge is -2.26. The zero-order chi connectivity index (χ0) is 8.48. The maximum atomic E-state index is 10.5. The zero-order valence-corrected chi connectivity index (χ0v) is 6.40. The number of carboxylic acids is 1. The Morgan fingerprint density at radius 3 is 2.36 bits per heavy atom. The molecule has 0 aromatic heterocycles. The van der Waals surface area contributed by atoms with Crippen LogP contribution in [0.3, 0.4) is 0 Å². The highest BCUT2D eigenvalue weighted by Gasteiger charge is 2.41. The first-order chi connectivity index (χ1) is 5.06. The maximum Gasteiger partial charge on any atom is 0.314 e. The lowest BCUT2D eigenvalue weighted by Crippen LogP contribution is -2.38. The van der Waals surface area contributed by atoms with Crippen LogP contribution in [0.5, 0.6) is 0 Å². The summed E-state index contributed by atoms with van der Waals surface area (Å²) in [7, 11) is 0. The molecular weight excluding hydrogens is 148 g/mol. The van der Waals surface area contributed by atoms with Crippen molar-refractivity contribution < 1.29 is 19.4 Å². The van der Waals surface area contributed by atoms with Gasteiger partial charge in [-0.3, -0.25) is 4.79 Å². The van der Waals surface area contributed by atoms with E-state index in [1.807, 2.05) is 0 Å². The smallest absolute Gasteiger partial charge is 0.314 e. The van der Waals surface area contributed by atoms with Crippen LogP contribution in [0.2, 0.25) is 0 Å². The number of rotatable bonds is 2. The van der Waals surface area contributed by atoms with Gasteiger partial charge in [0, 0.05) is 6.92 Å². The summed E-state index contributed by atoms with van der Waals surface area (Å²) >= 11 is 0. The molecule has 0 bridgehead atoms. The average molecular weight is 158 g/mol. The topological polar surface area (TPSA) is 55.8 Å². The molecule has 0 radical (unpaired) electrons. The fourth-order valence-electron chi connectivity index (χ4n) is 0.782. The van der Waals surface area contributed by atoms with Gasteiger partial charge in [0.2, 0.25) is 0 Å². The van der Waals surface area contributed by atoms with Crippen LogP contribution in [-0.4, -0.2) is 16.9 Å². The van der Waals surface area contributed by atoms with Crippen LogP contribution in [-0.2, 0) is 14.3 Å². The molecule has 4 heteroatoms. The highest BCUT2D eigenvalue weighted by atomic mass is 16.7. The van der Waals surface area contributed by atoms with Gasteiger partial charge >= 0.3 is 5.97 Å². The molecule has 1 atom stereocenters. The average Bonchev–Trinajstić information content (AvgIpc) is 2.35. The molecule has 0 aliphatic carbocycles. The molecule has 1 aliphatic rings. The van der Waals surface area contributed by atoms with Gasteiger partial charge in [-0.15, -0.1) is 0 Å². The van der Waals surface area contributed by atoms with Crippen LogP contribution < -0.4 is 0 Å². The van der Waals surface area contributed by atoms with Gasteiger partial charge in [0.05, 0.1) is 0 Å². The van der Waals surface area contributed by atoms with Crippen molar-refractivity contribution >= 4 is 5.97 Å². The van der Waals surface area contributed by atoms with Crippen molar-refractivity contribution in [3.05, 3.63) is 12.5 Å². The number of hydrogen-bond donors (Lipinski definition) is 1. The molecule has 0 aromatic rings. The molecule has 1 aliphatic heterocycles. The van der Waals surface area contributed by atoms with Crippen LogP contribution in [0, 0.1) is 5.92 Å². The van der Waals surface area contributed by atoms with Gasteiger partial charge in [0.25, 0.3) is 5.79 Å². The van der Waals surface area contributed by atoms with E-state index in [9.17, 15) is 4.79 Å². The number of carboxylic acid groups (broad SMARTS) is 1. The van der Waals surface area contributed by atoms with Crippen LogP contribution in [0.1, 0.15) is 13.8 Å². The number of aliphatic carboxylic acids is 1. The molecule has 0 saturated carbocycles. The molecule has 0 fully saturated rings. The molecule has 62 valence electrons. The summed E-state index contributed by atoms with van der Waals surface area (Å²) in [6.07, 6.45) is 2.69. The lowest BCUT2D eigenvalue weighted by molar-refractivity contribution is -0.184. The van der Waals surface area contributed by atoms with E-state index in [0.717, 1.165) is 0 Å². The van der Waals surface area contributed by atoms with Crippen molar-refractivity contribution in [1.29, 1.82) is 0 Å². The van der Waals surface area contributed by atoms with E-state index >= 15 is 0 Å². The molecule has 0 amide bonds. The Bertz CT molecular complexity index is 189. The van der Waals surface area contributed by atoms with Crippen LogP contribution >= 0.6 is 0 Å². The predicted molar refractivity (Wildman–Crippen MR) is 36.5 cm³/mol. The first-order valence-corrected chi connectivity index (χ1v) is 3.30. The van der Waals surface area contributed by atoms with Gasteiger partial charge in [-0.25, -0.2) is 0 Å². The summed E-state index contributed by atoms with van der Waals surface area (Å²) in [5, 5.41) is 8.62. The van der Waals surface area contributed by atoms with Crippen molar-refractivity contribution in [3.8, 4) is 0 Å². The fourth-order valence-corrected chi connectivity index (χ4v) is 0.782. The Morgan fingerprint density at radius 2 is 2.00 bits per heavy atom. The third-order valence-corrected chi connectivity index (χ3v) is 1.82. The molecule has 11 heavy (non-hydrogen) atoms. The number of ether oxygens (including phenoxy) is 2.